The first kappa shape index (κ1) is 19.7. The summed E-state index contributed by atoms with van der Waals surface area (Å²) in [5.41, 5.74) is -0.267. The molecular weight excluding hydrogens is 345 g/mol. The second kappa shape index (κ2) is 8.63. The Balaban J connectivity index is 1.86. The summed E-state index contributed by atoms with van der Waals surface area (Å²) in [5.74, 6) is -0.261. The maximum Gasteiger partial charge on any atom is 0.165 e. The van der Waals surface area contributed by atoms with Crippen molar-refractivity contribution in [3.63, 3.8) is 0 Å². The van der Waals surface area contributed by atoms with Gasteiger partial charge in [0.15, 0.2) is 11.6 Å². The lowest BCUT2D eigenvalue weighted by Crippen LogP contribution is -2.35. The highest BCUT2D eigenvalue weighted by atomic mass is 35.5. The Labute approximate surface area is 152 Å². The summed E-state index contributed by atoms with van der Waals surface area (Å²) in [7, 11) is 0. The molecule has 0 radical (unpaired) electrons. The summed E-state index contributed by atoms with van der Waals surface area (Å²) >= 11 is 5.84. The van der Waals surface area contributed by atoms with Crippen molar-refractivity contribution in [1.29, 1.82) is 0 Å². The lowest BCUT2D eigenvalue weighted by Gasteiger charge is -2.33. The predicted molar refractivity (Wildman–Crippen MR) is 95.3 cm³/mol. The highest BCUT2D eigenvalue weighted by molar-refractivity contribution is 6.30. The van der Waals surface area contributed by atoms with E-state index in [0.717, 1.165) is 19.3 Å². The van der Waals surface area contributed by atoms with Crippen LogP contribution in [0.1, 0.15) is 46.1 Å². The smallest absolute Gasteiger partial charge is 0.165 e. The standard InChI is InChI=1S/C18H25ClFN3O2/c1-18(2,3)17(24)15(23-12-21-11-22-23)6-4-5-9-25-16-10-13(19)7-8-14(16)20/h7-8,10-12,15,17,24H,4-6,9H2,1-3H3. The van der Waals surface area contributed by atoms with Gasteiger partial charge in [-0.05, 0) is 36.8 Å². The highest BCUT2D eigenvalue weighted by Gasteiger charge is 2.31. The van der Waals surface area contributed by atoms with Crippen LogP contribution in [0.4, 0.5) is 4.39 Å². The van der Waals surface area contributed by atoms with Crippen LogP contribution in [0.25, 0.3) is 0 Å². The fourth-order valence-corrected chi connectivity index (χ4v) is 2.79. The molecule has 2 rings (SSSR count). The Kier molecular flexibility index (Phi) is 6.79. The largest absolute Gasteiger partial charge is 0.490 e. The third-order valence-electron chi connectivity index (χ3n) is 4.07. The molecule has 2 aromatic rings. The zero-order valence-electron chi connectivity index (χ0n) is 14.8. The van der Waals surface area contributed by atoms with Crippen LogP contribution < -0.4 is 4.74 Å². The molecule has 0 spiro atoms. The number of ether oxygens (including phenoxy) is 1. The van der Waals surface area contributed by atoms with E-state index in [1.807, 2.05) is 20.8 Å². The van der Waals surface area contributed by atoms with Crippen molar-refractivity contribution in [2.75, 3.05) is 6.61 Å². The summed E-state index contributed by atoms with van der Waals surface area (Å²) in [6.07, 6.45) is 4.79. The third-order valence-corrected chi connectivity index (χ3v) is 4.31. The molecule has 2 unspecified atom stereocenters. The van der Waals surface area contributed by atoms with Crippen molar-refractivity contribution < 1.29 is 14.2 Å². The monoisotopic (exact) mass is 369 g/mol. The van der Waals surface area contributed by atoms with Crippen molar-refractivity contribution in [3.8, 4) is 5.75 Å². The molecule has 5 nitrogen and oxygen atoms in total. The van der Waals surface area contributed by atoms with Crippen LogP contribution in [0.15, 0.2) is 30.9 Å². The summed E-state index contributed by atoms with van der Waals surface area (Å²) in [6, 6.07) is 4.09. The van der Waals surface area contributed by atoms with Gasteiger partial charge in [0.1, 0.15) is 12.7 Å². The van der Waals surface area contributed by atoms with Gasteiger partial charge in [0, 0.05) is 11.1 Å². The van der Waals surface area contributed by atoms with E-state index in [1.54, 1.807) is 11.0 Å². The molecule has 0 saturated heterocycles. The maximum atomic E-state index is 13.6. The summed E-state index contributed by atoms with van der Waals surface area (Å²) in [6.45, 7) is 6.36. The van der Waals surface area contributed by atoms with Gasteiger partial charge in [0.2, 0.25) is 0 Å². The van der Waals surface area contributed by atoms with Gasteiger partial charge in [0.25, 0.3) is 0 Å². The van der Waals surface area contributed by atoms with E-state index < -0.39 is 11.9 Å². The van der Waals surface area contributed by atoms with E-state index in [-0.39, 0.29) is 17.2 Å². The molecule has 25 heavy (non-hydrogen) atoms. The normalized spacial score (nSPS) is 14.3. The van der Waals surface area contributed by atoms with Gasteiger partial charge in [0.05, 0.1) is 18.8 Å². The van der Waals surface area contributed by atoms with E-state index in [4.69, 9.17) is 16.3 Å². The van der Waals surface area contributed by atoms with Crippen LogP contribution in [0.5, 0.6) is 5.75 Å². The lowest BCUT2D eigenvalue weighted by molar-refractivity contribution is 0.00822. The third kappa shape index (κ3) is 5.68. The molecule has 1 aromatic heterocycles. The predicted octanol–water partition coefficient (Wildman–Crippen LogP) is 4.27. The SMILES string of the molecule is CC(C)(C)C(O)C(CCCCOc1cc(Cl)ccc1F)n1cncn1. The molecule has 0 amide bonds. The quantitative estimate of drug-likeness (QED) is 0.706. The topological polar surface area (TPSA) is 60.2 Å². The Morgan fingerprint density at radius 1 is 1.32 bits per heavy atom. The molecule has 0 fully saturated rings. The lowest BCUT2D eigenvalue weighted by atomic mass is 9.83. The first-order valence-electron chi connectivity index (χ1n) is 8.39. The van der Waals surface area contributed by atoms with Crippen LogP contribution in [0.2, 0.25) is 5.02 Å². The summed E-state index contributed by atoms with van der Waals surface area (Å²) in [5, 5.41) is 15.2. The van der Waals surface area contributed by atoms with E-state index in [1.165, 1.54) is 24.5 Å². The maximum absolute atomic E-state index is 13.6. The molecule has 7 heteroatoms. The average Bonchev–Trinajstić information content (AvgIpc) is 3.06. The van der Waals surface area contributed by atoms with Crippen molar-refractivity contribution in [3.05, 3.63) is 41.7 Å². The van der Waals surface area contributed by atoms with Crippen molar-refractivity contribution >= 4 is 11.6 Å². The van der Waals surface area contributed by atoms with Gasteiger partial charge in [-0.1, -0.05) is 32.4 Å². The first-order valence-corrected chi connectivity index (χ1v) is 8.77. The zero-order chi connectivity index (χ0) is 18.4. The highest BCUT2D eigenvalue weighted by Crippen LogP contribution is 2.31. The van der Waals surface area contributed by atoms with Gasteiger partial charge in [-0.2, -0.15) is 5.10 Å². The van der Waals surface area contributed by atoms with Gasteiger partial charge in [-0.25, -0.2) is 14.1 Å². The number of halogens is 2. The number of aliphatic hydroxyl groups excluding tert-OH is 1. The number of nitrogens with zero attached hydrogens (tertiary/aromatic N) is 3. The van der Waals surface area contributed by atoms with E-state index in [9.17, 15) is 9.50 Å². The molecule has 1 N–H and O–H groups in total. The molecule has 1 heterocycles. The number of rotatable bonds is 8. The Bertz CT molecular complexity index is 659. The minimum atomic E-state index is -0.555. The van der Waals surface area contributed by atoms with Gasteiger partial charge >= 0.3 is 0 Å². The van der Waals surface area contributed by atoms with Crippen molar-refractivity contribution in [1.82, 2.24) is 14.8 Å². The fraction of sp³-hybridized carbons (Fsp3) is 0.556. The second-order valence-corrected chi connectivity index (χ2v) is 7.61. The van der Waals surface area contributed by atoms with Crippen LogP contribution >= 0.6 is 11.6 Å². The van der Waals surface area contributed by atoms with Crippen LogP contribution in [0.3, 0.4) is 0 Å². The second-order valence-electron chi connectivity index (χ2n) is 7.17. The van der Waals surface area contributed by atoms with Gasteiger partial charge < -0.3 is 9.84 Å². The van der Waals surface area contributed by atoms with Gasteiger partial charge in [-0.15, -0.1) is 0 Å². The van der Waals surface area contributed by atoms with E-state index in [2.05, 4.69) is 10.1 Å². The first-order chi connectivity index (χ1) is 11.8. The van der Waals surface area contributed by atoms with Crippen molar-refractivity contribution in [2.24, 2.45) is 5.41 Å². The zero-order valence-corrected chi connectivity index (χ0v) is 15.6. The number of hydrogen-bond acceptors (Lipinski definition) is 4. The number of unbranched alkanes of at least 4 members (excludes halogenated alkanes) is 1. The van der Waals surface area contributed by atoms with E-state index >= 15 is 0 Å². The number of aliphatic hydroxyl groups is 1. The molecule has 1 aromatic carbocycles. The van der Waals surface area contributed by atoms with Crippen molar-refractivity contribution in [2.45, 2.75) is 52.2 Å². The molecule has 0 aliphatic rings. The molecule has 0 bridgehead atoms. The molecule has 2 atom stereocenters. The molecule has 138 valence electrons. The average molecular weight is 370 g/mol. The van der Waals surface area contributed by atoms with E-state index in [0.29, 0.717) is 11.6 Å². The minimum absolute atomic E-state index is 0.162. The Morgan fingerprint density at radius 3 is 2.72 bits per heavy atom. The van der Waals surface area contributed by atoms with Crippen LogP contribution in [-0.4, -0.2) is 32.6 Å². The number of aromatic nitrogens is 3. The molecule has 0 aliphatic heterocycles. The summed E-state index contributed by atoms with van der Waals surface area (Å²) < 4.78 is 20.8. The van der Waals surface area contributed by atoms with Gasteiger partial charge in [-0.3, -0.25) is 0 Å². The molecular formula is C18H25ClFN3O2. The van der Waals surface area contributed by atoms with Crippen LogP contribution in [0, 0.1) is 11.2 Å². The molecule has 0 aliphatic carbocycles. The fourth-order valence-electron chi connectivity index (χ4n) is 2.63. The number of benzene rings is 1. The minimum Gasteiger partial charge on any atom is -0.490 e. The van der Waals surface area contributed by atoms with Crippen LogP contribution in [-0.2, 0) is 0 Å². The number of hydrogen-bond donors (Lipinski definition) is 1. The Hall–Kier alpha value is -1.66. The summed E-state index contributed by atoms with van der Waals surface area (Å²) in [4.78, 5) is 3.97. The molecule has 0 saturated carbocycles. The Morgan fingerprint density at radius 2 is 2.08 bits per heavy atom.